The number of benzene rings is 2. The number of hydrogen-bond acceptors (Lipinski definition) is 5. The maximum atomic E-state index is 14.2. The Morgan fingerprint density at radius 3 is 2.75 bits per heavy atom. The zero-order valence-corrected chi connectivity index (χ0v) is 15.6. The highest BCUT2D eigenvalue weighted by Gasteiger charge is 2.17. The third-order valence-corrected chi connectivity index (χ3v) is 5.12. The van der Waals surface area contributed by atoms with Crippen molar-refractivity contribution in [2.45, 2.75) is 17.5 Å². The topological polar surface area (TPSA) is 76.5 Å². The second-order valence-corrected chi connectivity index (χ2v) is 6.95. The van der Waals surface area contributed by atoms with E-state index >= 15 is 0 Å². The van der Waals surface area contributed by atoms with Crippen LogP contribution in [0.5, 0.6) is 0 Å². The summed E-state index contributed by atoms with van der Waals surface area (Å²) in [7, 11) is 0. The Labute approximate surface area is 164 Å². The van der Waals surface area contributed by atoms with Crippen LogP contribution >= 0.6 is 11.8 Å². The molecule has 0 spiro atoms. The van der Waals surface area contributed by atoms with Gasteiger partial charge in [0.1, 0.15) is 11.6 Å². The van der Waals surface area contributed by atoms with Crippen LogP contribution in [-0.2, 0) is 12.3 Å². The van der Waals surface area contributed by atoms with Gasteiger partial charge in [-0.25, -0.2) is 9.37 Å². The predicted octanol–water partition coefficient (Wildman–Crippen LogP) is 3.80. The van der Waals surface area contributed by atoms with Gasteiger partial charge in [-0.3, -0.25) is 9.36 Å². The lowest BCUT2D eigenvalue weighted by atomic mass is 10.2. The third kappa shape index (κ3) is 3.46. The second-order valence-electron chi connectivity index (χ2n) is 6.00. The highest BCUT2D eigenvalue weighted by Crippen LogP contribution is 2.27. The summed E-state index contributed by atoms with van der Waals surface area (Å²) >= 11 is 1.37. The van der Waals surface area contributed by atoms with Crippen LogP contribution in [0, 0.1) is 5.82 Å². The molecule has 2 aromatic heterocycles. The summed E-state index contributed by atoms with van der Waals surface area (Å²) in [6.45, 7) is 4.19. The number of rotatable bonds is 6. The van der Waals surface area contributed by atoms with Crippen molar-refractivity contribution in [2.75, 3.05) is 0 Å². The van der Waals surface area contributed by atoms with Crippen LogP contribution < -0.4 is 5.56 Å². The fourth-order valence-electron chi connectivity index (χ4n) is 2.87. The summed E-state index contributed by atoms with van der Waals surface area (Å²) in [5, 5.41) is 9.49. The summed E-state index contributed by atoms with van der Waals surface area (Å²) in [5.41, 5.74) is 0.836. The van der Waals surface area contributed by atoms with Crippen LogP contribution in [0.1, 0.15) is 5.82 Å². The van der Waals surface area contributed by atoms with E-state index in [1.54, 1.807) is 47.0 Å². The molecular formula is C20H16FN5OS. The highest BCUT2D eigenvalue weighted by atomic mass is 32.2. The normalized spacial score (nSPS) is 11.0. The predicted molar refractivity (Wildman–Crippen MR) is 108 cm³/mol. The van der Waals surface area contributed by atoms with Crippen molar-refractivity contribution in [2.24, 2.45) is 0 Å². The van der Waals surface area contributed by atoms with Gasteiger partial charge in [0.2, 0.25) is 0 Å². The molecule has 6 nitrogen and oxygen atoms in total. The number of nitrogens with zero attached hydrogens (tertiary/aromatic N) is 4. The van der Waals surface area contributed by atoms with Gasteiger partial charge in [0, 0.05) is 6.54 Å². The van der Waals surface area contributed by atoms with Crippen molar-refractivity contribution in [3.63, 3.8) is 0 Å². The van der Waals surface area contributed by atoms with Gasteiger partial charge >= 0.3 is 0 Å². The van der Waals surface area contributed by atoms with Crippen LogP contribution in [0.4, 0.5) is 4.39 Å². The van der Waals surface area contributed by atoms with Crippen LogP contribution in [0.25, 0.3) is 22.3 Å². The molecule has 1 N–H and O–H groups in total. The standard InChI is InChI=1S/C20H16FN5OS/c1-2-11-26-18(13-7-3-5-9-15(13)21)24-25-20(26)28-12-17-22-16-10-6-4-8-14(16)19(27)23-17/h2-10H,1,11-12H2,(H,22,23,27). The van der Waals surface area contributed by atoms with Gasteiger partial charge in [-0.15, -0.1) is 16.8 Å². The number of fused-ring (bicyclic) bond motifs is 1. The molecular weight excluding hydrogens is 377 g/mol. The van der Waals surface area contributed by atoms with Gasteiger partial charge in [0.15, 0.2) is 11.0 Å². The molecule has 2 aromatic carbocycles. The van der Waals surface area contributed by atoms with E-state index in [9.17, 15) is 9.18 Å². The minimum absolute atomic E-state index is 0.180. The van der Waals surface area contributed by atoms with Crippen molar-refractivity contribution in [3.05, 3.63) is 83.2 Å². The minimum atomic E-state index is -0.364. The van der Waals surface area contributed by atoms with Gasteiger partial charge in [-0.1, -0.05) is 42.1 Å². The fourth-order valence-corrected chi connectivity index (χ4v) is 3.69. The first-order valence-corrected chi connectivity index (χ1v) is 9.55. The Morgan fingerprint density at radius 2 is 1.93 bits per heavy atom. The molecule has 0 unspecified atom stereocenters. The molecule has 28 heavy (non-hydrogen) atoms. The summed E-state index contributed by atoms with van der Waals surface area (Å²) in [4.78, 5) is 19.5. The van der Waals surface area contributed by atoms with Gasteiger partial charge in [-0.2, -0.15) is 0 Å². The van der Waals surface area contributed by atoms with Gasteiger partial charge < -0.3 is 4.98 Å². The zero-order valence-electron chi connectivity index (χ0n) is 14.8. The summed E-state index contributed by atoms with van der Waals surface area (Å²) in [6, 6.07) is 13.6. The Kier molecular flexibility index (Phi) is 5.03. The molecule has 0 aliphatic heterocycles. The minimum Gasteiger partial charge on any atom is -0.309 e. The van der Waals surface area contributed by atoms with E-state index in [0.717, 1.165) is 0 Å². The number of allylic oxidation sites excluding steroid dienone is 1. The quantitative estimate of drug-likeness (QED) is 0.398. The number of thioether (sulfide) groups is 1. The van der Waals surface area contributed by atoms with E-state index in [0.29, 0.717) is 45.6 Å². The fraction of sp³-hybridized carbons (Fsp3) is 0.100. The first kappa shape index (κ1) is 18.1. The van der Waals surface area contributed by atoms with Crippen molar-refractivity contribution in [3.8, 4) is 11.4 Å². The number of H-pyrrole nitrogens is 1. The molecule has 0 aliphatic carbocycles. The maximum absolute atomic E-state index is 14.2. The molecule has 0 aliphatic rings. The lowest BCUT2D eigenvalue weighted by Gasteiger charge is -2.08. The smallest absolute Gasteiger partial charge is 0.258 e. The molecule has 0 bridgehead atoms. The molecule has 4 aromatic rings. The third-order valence-electron chi connectivity index (χ3n) is 4.14. The van der Waals surface area contributed by atoms with Crippen LogP contribution in [0.2, 0.25) is 0 Å². The van der Waals surface area contributed by atoms with E-state index in [-0.39, 0.29) is 11.4 Å². The average molecular weight is 393 g/mol. The van der Waals surface area contributed by atoms with E-state index in [1.807, 2.05) is 6.07 Å². The maximum Gasteiger partial charge on any atom is 0.258 e. The number of hydrogen-bond donors (Lipinski definition) is 1. The molecule has 0 fully saturated rings. The molecule has 140 valence electrons. The lowest BCUT2D eigenvalue weighted by molar-refractivity contribution is 0.626. The highest BCUT2D eigenvalue weighted by molar-refractivity contribution is 7.98. The van der Waals surface area contributed by atoms with Gasteiger partial charge in [0.25, 0.3) is 5.56 Å². The van der Waals surface area contributed by atoms with Gasteiger partial charge in [0.05, 0.1) is 22.2 Å². The van der Waals surface area contributed by atoms with Crippen LogP contribution in [-0.4, -0.2) is 24.7 Å². The SMILES string of the molecule is C=CCn1c(SCc2nc3ccccc3c(=O)[nH]2)nnc1-c1ccccc1F. The average Bonchev–Trinajstić information content (AvgIpc) is 3.09. The molecule has 0 atom stereocenters. The Balaban J connectivity index is 1.65. The number of aromatic amines is 1. The van der Waals surface area contributed by atoms with E-state index < -0.39 is 0 Å². The summed E-state index contributed by atoms with van der Waals surface area (Å²) < 4.78 is 16.0. The summed E-state index contributed by atoms with van der Waals surface area (Å²) in [5.74, 6) is 0.999. The van der Waals surface area contributed by atoms with Crippen molar-refractivity contribution in [1.82, 2.24) is 24.7 Å². The van der Waals surface area contributed by atoms with Crippen molar-refractivity contribution < 1.29 is 4.39 Å². The van der Waals surface area contributed by atoms with Crippen LogP contribution in [0.15, 0.2) is 71.1 Å². The number of para-hydroxylation sites is 1. The second kappa shape index (κ2) is 7.77. The molecule has 0 saturated heterocycles. The van der Waals surface area contributed by atoms with E-state index in [2.05, 4.69) is 26.7 Å². The molecule has 2 heterocycles. The number of halogens is 1. The first-order valence-electron chi connectivity index (χ1n) is 8.57. The Morgan fingerprint density at radius 1 is 1.14 bits per heavy atom. The largest absolute Gasteiger partial charge is 0.309 e. The number of aromatic nitrogens is 5. The molecule has 8 heteroatoms. The van der Waals surface area contributed by atoms with Gasteiger partial charge in [-0.05, 0) is 24.3 Å². The van der Waals surface area contributed by atoms with Crippen molar-refractivity contribution in [1.29, 1.82) is 0 Å². The Hall–Kier alpha value is -3.26. The van der Waals surface area contributed by atoms with E-state index in [1.165, 1.54) is 17.8 Å². The summed E-state index contributed by atoms with van der Waals surface area (Å²) in [6.07, 6.45) is 1.70. The number of nitrogens with one attached hydrogen (secondary N) is 1. The molecule has 0 saturated carbocycles. The molecule has 0 radical (unpaired) electrons. The zero-order chi connectivity index (χ0) is 19.5. The molecule has 4 rings (SSSR count). The van der Waals surface area contributed by atoms with Crippen LogP contribution in [0.3, 0.4) is 0 Å². The molecule has 0 amide bonds. The first-order chi connectivity index (χ1) is 13.7. The lowest BCUT2D eigenvalue weighted by Crippen LogP contribution is -2.11. The Bertz CT molecular complexity index is 1220. The monoisotopic (exact) mass is 393 g/mol. The van der Waals surface area contributed by atoms with Crippen molar-refractivity contribution >= 4 is 22.7 Å². The van der Waals surface area contributed by atoms with E-state index in [4.69, 9.17) is 0 Å².